The molecule has 0 atom stereocenters. The number of aryl methyl sites for hydroxylation is 2. The van der Waals surface area contributed by atoms with Crippen LogP contribution in [0.15, 0.2) is 81.5 Å². The van der Waals surface area contributed by atoms with Crippen molar-refractivity contribution in [2.24, 2.45) is 0 Å². The molecule has 170 valence electrons. The van der Waals surface area contributed by atoms with Crippen molar-refractivity contribution < 1.29 is 13.2 Å². The van der Waals surface area contributed by atoms with Gasteiger partial charge in [0.05, 0.1) is 4.90 Å². The third kappa shape index (κ3) is 4.44. The summed E-state index contributed by atoms with van der Waals surface area (Å²) in [5, 5.41) is 10.1. The van der Waals surface area contributed by atoms with Gasteiger partial charge in [0.25, 0.3) is 5.56 Å². The number of ether oxygens (including phenoxy) is 1. The second kappa shape index (κ2) is 9.14. The van der Waals surface area contributed by atoms with Crippen molar-refractivity contribution >= 4 is 33.2 Å². The summed E-state index contributed by atoms with van der Waals surface area (Å²) in [6.07, 6.45) is 2.52. The van der Waals surface area contributed by atoms with E-state index in [1.165, 1.54) is 34.9 Å². The number of nitrogens with zero attached hydrogens (tertiary/aromatic N) is 3. The number of nitriles is 1. The van der Waals surface area contributed by atoms with Crippen LogP contribution in [-0.4, -0.2) is 17.8 Å². The Morgan fingerprint density at radius 2 is 1.85 bits per heavy atom. The quantitative estimate of drug-likeness (QED) is 0.360. The van der Waals surface area contributed by atoms with Crippen molar-refractivity contribution in [3.05, 3.63) is 104 Å². The van der Waals surface area contributed by atoms with Gasteiger partial charge in [-0.05, 0) is 73.5 Å². The van der Waals surface area contributed by atoms with E-state index in [1.807, 2.05) is 13.0 Å². The maximum atomic E-state index is 13.4. The molecule has 4 aromatic rings. The molecule has 9 heteroatoms. The van der Waals surface area contributed by atoms with E-state index in [0.717, 1.165) is 17.2 Å². The van der Waals surface area contributed by atoms with Crippen LogP contribution in [0.1, 0.15) is 16.7 Å². The molecule has 0 saturated carbocycles. The second-order valence-corrected chi connectivity index (χ2v) is 9.87. The summed E-state index contributed by atoms with van der Waals surface area (Å²) in [5.74, 6) is 0.308. The number of benzene rings is 2. The van der Waals surface area contributed by atoms with Crippen LogP contribution in [0.4, 0.5) is 0 Å². The topological polar surface area (TPSA) is 102 Å². The van der Waals surface area contributed by atoms with Crippen molar-refractivity contribution in [3.63, 3.8) is 0 Å². The molecule has 34 heavy (non-hydrogen) atoms. The normalized spacial score (nSPS) is 11.9. The SMILES string of the molecule is Cc1cccc(Oc2nc3c(C)cccn3c(=O)c2/C=C(/C#N)S(=O)(=O)c2ccc(Cl)cc2)c1. The third-order valence-corrected chi connectivity index (χ3v) is 6.99. The van der Waals surface area contributed by atoms with E-state index >= 15 is 0 Å². The van der Waals surface area contributed by atoms with Crippen molar-refractivity contribution in [2.45, 2.75) is 18.7 Å². The van der Waals surface area contributed by atoms with Crippen LogP contribution in [0.5, 0.6) is 11.6 Å². The van der Waals surface area contributed by atoms with Crippen molar-refractivity contribution in [1.82, 2.24) is 9.38 Å². The Morgan fingerprint density at radius 3 is 2.53 bits per heavy atom. The maximum absolute atomic E-state index is 13.4. The lowest BCUT2D eigenvalue weighted by Crippen LogP contribution is -2.20. The van der Waals surface area contributed by atoms with Gasteiger partial charge in [-0.1, -0.05) is 29.8 Å². The Bertz CT molecular complexity index is 1650. The van der Waals surface area contributed by atoms with Crippen LogP contribution in [0, 0.1) is 25.2 Å². The molecule has 0 bridgehead atoms. The third-order valence-electron chi connectivity index (χ3n) is 5.05. The average molecular weight is 492 g/mol. The molecule has 2 aromatic carbocycles. The number of hydrogen-bond acceptors (Lipinski definition) is 6. The van der Waals surface area contributed by atoms with E-state index in [1.54, 1.807) is 43.3 Å². The van der Waals surface area contributed by atoms with E-state index in [0.29, 0.717) is 16.4 Å². The Morgan fingerprint density at radius 1 is 1.12 bits per heavy atom. The summed E-state index contributed by atoms with van der Waals surface area (Å²) < 4.78 is 33.4. The first kappa shape index (κ1) is 23.2. The van der Waals surface area contributed by atoms with E-state index in [9.17, 15) is 18.5 Å². The van der Waals surface area contributed by atoms with Gasteiger partial charge in [-0.25, -0.2) is 8.42 Å². The summed E-state index contributed by atoms with van der Waals surface area (Å²) in [7, 11) is -4.23. The predicted octanol–water partition coefficient (Wildman–Crippen LogP) is 5.10. The number of aromatic nitrogens is 2. The molecule has 2 aromatic heterocycles. The molecule has 7 nitrogen and oxygen atoms in total. The molecule has 0 amide bonds. The highest BCUT2D eigenvalue weighted by Gasteiger charge is 2.24. The fourth-order valence-electron chi connectivity index (χ4n) is 3.33. The number of allylic oxidation sites excluding steroid dienone is 1. The number of sulfone groups is 1. The largest absolute Gasteiger partial charge is 0.438 e. The van der Waals surface area contributed by atoms with Gasteiger partial charge in [0.1, 0.15) is 27.9 Å². The summed E-state index contributed by atoms with van der Waals surface area (Å²) in [4.78, 5) is 17.1. The standard InChI is InChI=1S/C25H18ClN3O4S/c1-16-5-3-7-19(13-16)33-24-22(25(30)29-12-4-6-17(2)23(29)28-24)14-21(15-27)34(31,32)20-10-8-18(26)9-11-20/h3-14H,1-2H3/b21-14-. The van der Waals surface area contributed by atoms with E-state index < -0.39 is 20.3 Å². The minimum Gasteiger partial charge on any atom is -0.438 e. The molecular weight excluding hydrogens is 474 g/mol. The van der Waals surface area contributed by atoms with Crippen molar-refractivity contribution in [1.29, 1.82) is 5.26 Å². The van der Waals surface area contributed by atoms with Gasteiger partial charge in [-0.3, -0.25) is 9.20 Å². The van der Waals surface area contributed by atoms with Gasteiger partial charge in [0.2, 0.25) is 15.7 Å². The molecule has 0 aliphatic rings. The van der Waals surface area contributed by atoms with Gasteiger partial charge in [0.15, 0.2) is 0 Å². The van der Waals surface area contributed by atoms with Crippen molar-refractivity contribution in [2.75, 3.05) is 0 Å². The lowest BCUT2D eigenvalue weighted by molar-refractivity contribution is 0.460. The Balaban J connectivity index is 1.96. The highest BCUT2D eigenvalue weighted by atomic mass is 35.5. The Kier molecular flexibility index (Phi) is 6.24. The highest BCUT2D eigenvalue weighted by molar-refractivity contribution is 7.95. The fourth-order valence-corrected chi connectivity index (χ4v) is 4.59. The molecule has 0 radical (unpaired) electrons. The lowest BCUT2D eigenvalue weighted by Gasteiger charge is -2.12. The molecule has 0 spiro atoms. The molecule has 0 aliphatic heterocycles. The summed E-state index contributed by atoms with van der Waals surface area (Å²) in [5.41, 5.74) is 1.25. The highest BCUT2D eigenvalue weighted by Crippen LogP contribution is 2.28. The number of hydrogen-bond donors (Lipinski definition) is 0. The number of halogens is 1. The zero-order valence-corrected chi connectivity index (χ0v) is 19.8. The van der Waals surface area contributed by atoms with Crippen LogP contribution in [0.3, 0.4) is 0 Å². The fraction of sp³-hybridized carbons (Fsp3) is 0.0800. The summed E-state index contributed by atoms with van der Waals surface area (Å²) in [6, 6.07) is 17.7. The van der Waals surface area contributed by atoms with Gasteiger partial charge in [-0.2, -0.15) is 10.2 Å². The van der Waals surface area contributed by atoms with E-state index in [2.05, 4.69) is 4.98 Å². The van der Waals surface area contributed by atoms with Gasteiger partial charge in [-0.15, -0.1) is 0 Å². The molecule has 2 heterocycles. The first-order valence-corrected chi connectivity index (χ1v) is 12.0. The summed E-state index contributed by atoms with van der Waals surface area (Å²) in [6.45, 7) is 3.67. The minimum absolute atomic E-state index is 0.107. The molecule has 4 rings (SSSR count). The van der Waals surface area contributed by atoms with Gasteiger partial charge < -0.3 is 4.74 Å². The molecular formula is C25H18ClN3O4S. The zero-order chi connectivity index (χ0) is 24.5. The van der Waals surface area contributed by atoms with Crippen LogP contribution >= 0.6 is 11.6 Å². The average Bonchev–Trinajstić information content (AvgIpc) is 2.80. The van der Waals surface area contributed by atoms with Crippen LogP contribution in [0.25, 0.3) is 11.7 Å². The molecule has 0 saturated heterocycles. The minimum atomic E-state index is -4.23. The monoisotopic (exact) mass is 491 g/mol. The first-order chi connectivity index (χ1) is 16.2. The number of pyridine rings is 1. The Labute approximate surface area is 201 Å². The molecule has 0 aliphatic carbocycles. The van der Waals surface area contributed by atoms with Crippen molar-refractivity contribution in [3.8, 4) is 17.7 Å². The molecule has 0 fully saturated rings. The molecule has 0 N–H and O–H groups in total. The number of fused-ring (bicyclic) bond motifs is 1. The van der Waals surface area contributed by atoms with Gasteiger partial charge >= 0.3 is 0 Å². The second-order valence-electron chi connectivity index (χ2n) is 7.52. The first-order valence-electron chi connectivity index (χ1n) is 10.1. The van der Waals surface area contributed by atoms with Gasteiger partial charge in [0, 0.05) is 11.2 Å². The van der Waals surface area contributed by atoms with E-state index in [-0.39, 0.29) is 16.3 Å². The predicted molar refractivity (Wildman–Crippen MR) is 130 cm³/mol. The Hall–Kier alpha value is -3.93. The lowest BCUT2D eigenvalue weighted by atomic mass is 10.2. The maximum Gasteiger partial charge on any atom is 0.269 e. The van der Waals surface area contributed by atoms with Crippen LogP contribution in [-0.2, 0) is 9.84 Å². The zero-order valence-electron chi connectivity index (χ0n) is 18.2. The molecule has 0 unspecified atom stereocenters. The van der Waals surface area contributed by atoms with Crippen LogP contribution in [0.2, 0.25) is 5.02 Å². The van der Waals surface area contributed by atoms with E-state index in [4.69, 9.17) is 16.3 Å². The number of rotatable bonds is 5. The van der Waals surface area contributed by atoms with Crippen LogP contribution < -0.4 is 10.3 Å². The smallest absolute Gasteiger partial charge is 0.269 e. The summed E-state index contributed by atoms with van der Waals surface area (Å²) >= 11 is 5.86.